The number of carbonyl (C=O) groups excluding carboxylic acids is 1. The van der Waals surface area contributed by atoms with Crippen molar-refractivity contribution in [2.75, 3.05) is 0 Å². The van der Waals surface area contributed by atoms with Gasteiger partial charge in [0, 0.05) is 12.7 Å². The fourth-order valence-corrected chi connectivity index (χ4v) is 1.42. The number of hydrogen-bond acceptors (Lipinski definition) is 2. The molecular formula is C11H10FN3O. The molecule has 2 N–H and O–H groups in total. The Morgan fingerprint density at radius 1 is 1.50 bits per heavy atom. The Bertz CT molecular complexity index is 521. The maximum absolute atomic E-state index is 12.9. The Labute approximate surface area is 91.5 Å². The molecule has 0 radical (unpaired) electrons. The summed E-state index contributed by atoms with van der Waals surface area (Å²) in [7, 11) is 0. The van der Waals surface area contributed by atoms with E-state index in [0.29, 0.717) is 6.54 Å². The molecule has 0 saturated carbocycles. The molecule has 0 unspecified atom stereocenters. The SMILES string of the molecule is NC(=O)c1cn(Cc2cccc(F)c2)cn1. The Morgan fingerprint density at radius 2 is 2.31 bits per heavy atom. The van der Waals surface area contributed by atoms with Crippen molar-refractivity contribution in [3.63, 3.8) is 0 Å². The zero-order chi connectivity index (χ0) is 11.5. The van der Waals surface area contributed by atoms with E-state index in [2.05, 4.69) is 4.98 Å². The Morgan fingerprint density at radius 3 is 2.94 bits per heavy atom. The van der Waals surface area contributed by atoms with Gasteiger partial charge in [-0.1, -0.05) is 12.1 Å². The van der Waals surface area contributed by atoms with Crippen molar-refractivity contribution in [3.8, 4) is 0 Å². The minimum Gasteiger partial charge on any atom is -0.364 e. The monoisotopic (exact) mass is 219 g/mol. The first-order valence-electron chi connectivity index (χ1n) is 4.71. The van der Waals surface area contributed by atoms with Crippen molar-refractivity contribution in [1.29, 1.82) is 0 Å². The van der Waals surface area contributed by atoms with Crippen molar-refractivity contribution >= 4 is 5.91 Å². The number of carbonyl (C=O) groups is 1. The lowest BCUT2D eigenvalue weighted by Crippen LogP contribution is -2.11. The summed E-state index contributed by atoms with van der Waals surface area (Å²) in [6, 6.07) is 6.25. The van der Waals surface area contributed by atoms with Gasteiger partial charge in [-0.3, -0.25) is 4.79 Å². The van der Waals surface area contributed by atoms with Crippen LogP contribution in [0.15, 0.2) is 36.8 Å². The van der Waals surface area contributed by atoms with Gasteiger partial charge in [0.1, 0.15) is 11.5 Å². The number of imidazole rings is 1. The standard InChI is InChI=1S/C11H10FN3O/c12-9-3-1-2-8(4-9)5-15-6-10(11(13)16)14-7-15/h1-4,6-7H,5H2,(H2,13,16). The summed E-state index contributed by atoms with van der Waals surface area (Å²) in [5, 5.41) is 0. The van der Waals surface area contributed by atoms with Gasteiger partial charge in [-0.05, 0) is 17.7 Å². The van der Waals surface area contributed by atoms with Crippen LogP contribution in [0.4, 0.5) is 4.39 Å². The van der Waals surface area contributed by atoms with E-state index in [4.69, 9.17) is 5.73 Å². The Balaban J connectivity index is 2.17. The molecule has 0 saturated heterocycles. The second-order valence-corrected chi connectivity index (χ2v) is 3.43. The van der Waals surface area contributed by atoms with E-state index < -0.39 is 5.91 Å². The van der Waals surface area contributed by atoms with Crippen molar-refractivity contribution in [2.24, 2.45) is 5.73 Å². The number of benzene rings is 1. The van der Waals surface area contributed by atoms with Gasteiger partial charge < -0.3 is 10.3 Å². The molecule has 82 valence electrons. The number of hydrogen-bond donors (Lipinski definition) is 1. The molecule has 1 aromatic heterocycles. The van der Waals surface area contributed by atoms with Crippen molar-refractivity contribution < 1.29 is 9.18 Å². The van der Waals surface area contributed by atoms with Crippen LogP contribution < -0.4 is 5.73 Å². The number of nitrogens with two attached hydrogens (primary N) is 1. The zero-order valence-corrected chi connectivity index (χ0v) is 8.43. The molecule has 4 nitrogen and oxygen atoms in total. The summed E-state index contributed by atoms with van der Waals surface area (Å²) < 4.78 is 14.6. The smallest absolute Gasteiger partial charge is 0.268 e. The summed E-state index contributed by atoms with van der Waals surface area (Å²) >= 11 is 0. The third kappa shape index (κ3) is 2.25. The fraction of sp³-hybridized carbons (Fsp3) is 0.0909. The lowest BCUT2D eigenvalue weighted by atomic mass is 10.2. The average molecular weight is 219 g/mol. The topological polar surface area (TPSA) is 60.9 Å². The van der Waals surface area contributed by atoms with Gasteiger partial charge >= 0.3 is 0 Å². The van der Waals surface area contributed by atoms with Gasteiger partial charge in [0.25, 0.3) is 5.91 Å². The lowest BCUT2D eigenvalue weighted by Gasteiger charge is -2.01. The first-order chi connectivity index (χ1) is 7.65. The van der Waals surface area contributed by atoms with Crippen molar-refractivity contribution in [3.05, 3.63) is 53.9 Å². The molecule has 2 aromatic rings. The summed E-state index contributed by atoms with van der Waals surface area (Å²) in [4.78, 5) is 14.6. The molecular weight excluding hydrogens is 209 g/mol. The molecule has 0 spiro atoms. The first kappa shape index (κ1) is 10.4. The summed E-state index contributed by atoms with van der Waals surface area (Å²) in [5.41, 5.74) is 6.07. The highest BCUT2D eigenvalue weighted by atomic mass is 19.1. The molecule has 1 amide bonds. The number of halogens is 1. The van der Waals surface area contributed by atoms with Gasteiger partial charge in [0.05, 0.1) is 6.33 Å². The number of nitrogens with zero attached hydrogens (tertiary/aromatic N) is 2. The fourth-order valence-electron chi connectivity index (χ4n) is 1.42. The molecule has 0 atom stereocenters. The molecule has 0 aliphatic carbocycles. The molecule has 16 heavy (non-hydrogen) atoms. The van der Waals surface area contributed by atoms with Crippen LogP contribution in [0.1, 0.15) is 16.1 Å². The lowest BCUT2D eigenvalue weighted by molar-refractivity contribution is 0.0996. The Kier molecular flexibility index (Phi) is 2.68. The number of primary amides is 1. The minimum absolute atomic E-state index is 0.205. The predicted octanol–water partition coefficient (Wildman–Crippen LogP) is 1.17. The highest BCUT2D eigenvalue weighted by Crippen LogP contribution is 2.06. The van der Waals surface area contributed by atoms with E-state index in [0.717, 1.165) is 5.56 Å². The Hall–Kier alpha value is -2.17. The van der Waals surface area contributed by atoms with Gasteiger partial charge in [-0.25, -0.2) is 9.37 Å². The molecule has 0 bridgehead atoms. The minimum atomic E-state index is -0.571. The maximum atomic E-state index is 12.9. The maximum Gasteiger partial charge on any atom is 0.268 e. The molecule has 0 fully saturated rings. The van der Waals surface area contributed by atoms with Crippen LogP contribution in [-0.2, 0) is 6.54 Å². The summed E-state index contributed by atoms with van der Waals surface area (Å²) in [6.45, 7) is 0.456. The highest BCUT2D eigenvalue weighted by Gasteiger charge is 2.04. The first-order valence-corrected chi connectivity index (χ1v) is 4.71. The van der Waals surface area contributed by atoms with E-state index >= 15 is 0 Å². The number of amides is 1. The molecule has 5 heteroatoms. The zero-order valence-electron chi connectivity index (χ0n) is 8.43. The van der Waals surface area contributed by atoms with Crippen molar-refractivity contribution in [1.82, 2.24) is 9.55 Å². The third-order valence-corrected chi connectivity index (χ3v) is 2.14. The molecule has 1 aromatic carbocycles. The normalized spacial score (nSPS) is 10.3. The van der Waals surface area contributed by atoms with Gasteiger partial charge in [-0.2, -0.15) is 0 Å². The van der Waals surface area contributed by atoms with Crippen molar-refractivity contribution in [2.45, 2.75) is 6.54 Å². The van der Waals surface area contributed by atoms with Crippen LogP contribution in [0.3, 0.4) is 0 Å². The summed E-state index contributed by atoms with van der Waals surface area (Å²) in [5.74, 6) is -0.856. The largest absolute Gasteiger partial charge is 0.364 e. The van der Waals surface area contributed by atoms with Gasteiger partial charge in [0.2, 0.25) is 0 Å². The van der Waals surface area contributed by atoms with Crippen LogP contribution in [0.25, 0.3) is 0 Å². The molecule has 1 heterocycles. The van der Waals surface area contributed by atoms with E-state index in [1.165, 1.54) is 24.7 Å². The second-order valence-electron chi connectivity index (χ2n) is 3.43. The average Bonchev–Trinajstić information content (AvgIpc) is 2.66. The van der Waals surface area contributed by atoms with Crippen LogP contribution in [-0.4, -0.2) is 15.5 Å². The van der Waals surface area contributed by atoms with E-state index in [1.807, 2.05) is 0 Å². The van der Waals surface area contributed by atoms with Crippen LogP contribution >= 0.6 is 0 Å². The number of rotatable bonds is 3. The highest BCUT2D eigenvalue weighted by molar-refractivity contribution is 5.90. The molecule has 2 rings (SSSR count). The second kappa shape index (κ2) is 4.14. The third-order valence-electron chi connectivity index (χ3n) is 2.14. The van der Waals surface area contributed by atoms with Gasteiger partial charge in [0.15, 0.2) is 0 Å². The van der Waals surface area contributed by atoms with E-state index in [9.17, 15) is 9.18 Å². The van der Waals surface area contributed by atoms with Crippen LogP contribution in [0.2, 0.25) is 0 Å². The molecule has 0 aliphatic heterocycles. The molecule has 0 aliphatic rings. The predicted molar refractivity (Wildman–Crippen MR) is 56.2 cm³/mol. The quantitative estimate of drug-likeness (QED) is 0.842. The van der Waals surface area contributed by atoms with E-state index in [-0.39, 0.29) is 11.5 Å². The number of aromatic nitrogens is 2. The van der Waals surface area contributed by atoms with Gasteiger partial charge in [-0.15, -0.1) is 0 Å². The van der Waals surface area contributed by atoms with Crippen LogP contribution in [0.5, 0.6) is 0 Å². The summed E-state index contributed by atoms with van der Waals surface area (Å²) in [6.07, 6.45) is 3.03. The van der Waals surface area contributed by atoms with Crippen LogP contribution in [0, 0.1) is 5.82 Å². The van der Waals surface area contributed by atoms with E-state index in [1.54, 1.807) is 16.7 Å².